The Labute approximate surface area is 167 Å². The SMILES string of the molecule is O=C(CN1C[C@@]2(CC2F)c2cc(Br)ccc2C1=O)Nc1nc2ccccn2n1. The minimum absolute atomic E-state index is 0.162. The number of carbonyl (C=O) groups is 2. The molecule has 2 amide bonds. The van der Waals surface area contributed by atoms with E-state index in [1.165, 1.54) is 4.90 Å². The lowest BCUT2D eigenvalue weighted by Crippen LogP contribution is -2.47. The summed E-state index contributed by atoms with van der Waals surface area (Å²) in [5, 5.41) is 6.78. The quantitative estimate of drug-likeness (QED) is 0.674. The third-order valence-corrected chi connectivity index (χ3v) is 5.81. The summed E-state index contributed by atoms with van der Waals surface area (Å²) in [7, 11) is 0. The standard InChI is InChI=1S/C19H15BrFN5O2/c20-11-4-5-12-13(7-11)19(8-14(19)21)10-25(17(12)28)9-16(27)23-18-22-15-3-1-2-6-26(15)24-18/h1-7,14H,8-10H2,(H,23,24,27)/t14?,19-/m0/s1. The van der Waals surface area contributed by atoms with Gasteiger partial charge < -0.3 is 4.90 Å². The van der Waals surface area contributed by atoms with Crippen LogP contribution < -0.4 is 5.32 Å². The molecule has 2 aliphatic rings. The molecule has 1 N–H and O–H groups in total. The highest BCUT2D eigenvalue weighted by Gasteiger charge is 2.61. The number of aromatic nitrogens is 3. The molecule has 1 aliphatic heterocycles. The topological polar surface area (TPSA) is 79.6 Å². The van der Waals surface area contributed by atoms with Crippen molar-refractivity contribution in [3.63, 3.8) is 0 Å². The average Bonchev–Trinajstić information content (AvgIpc) is 3.12. The number of hydrogen-bond acceptors (Lipinski definition) is 4. The van der Waals surface area contributed by atoms with Crippen molar-refractivity contribution in [3.8, 4) is 0 Å². The van der Waals surface area contributed by atoms with E-state index in [0.29, 0.717) is 17.6 Å². The molecule has 1 spiro atoms. The van der Waals surface area contributed by atoms with E-state index in [2.05, 4.69) is 31.3 Å². The zero-order chi connectivity index (χ0) is 19.5. The summed E-state index contributed by atoms with van der Waals surface area (Å²) in [6.07, 6.45) is 1.06. The van der Waals surface area contributed by atoms with E-state index in [1.54, 1.807) is 35.0 Å². The van der Waals surface area contributed by atoms with Gasteiger partial charge in [0.1, 0.15) is 12.7 Å². The molecule has 1 aromatic carbocycles. The van der Waals surface area contributed by atoms with Crippen LogP contribution in [0.5, 0.6) is 0 Å². The number of pyridine rings is 1. The molecule has 5 rings (SSSR count). The summed E-state index contributed by atoms with van der Waals surface area (Å²) in [5.41, 5.74) is 1.06. The number of anilines is 1. The largest absolute Gasteiger partial charge is 0.328 e. The number of rotatable bonds is 3. The van der Waals surface area contributed by atoms with Crippen molar-refractivity contribution in [1.82, 2.24) is 19.5 Å². The zero-order valence-electron chi connectivity index (χ0n) is 14.6. The first-order valence-electron chi connectivity index (χ1n) is 8.81. The molecule has 0 saturated heterocycles. The van der Waals surface area contributed by atoms with Gasteiger partial charge in [-0.2, -0.15) is 4.98 Å². The van der Waals surface area contributed by atoms with Crippen molar-refractivity contribution in [1.29, 1.82) is 0 Å². The van der Waals surface area contributed by atoms with Crippen LogP contribution in [0, 0.1) is 0 Å². The molecule has 1 aliphatic carbocycles. The molecule has 2 aromatic heterocycles. The van der Waals surface area contributed by atoms with Crippen molar-refractivity contribution in [2.75, 3.05) is 18.4 Å². The maximum Gasteiger partial charge on any atom is 0.254 e. The Morgan fingerprint density at radius 2 is 2.18 bits per heavy atom. The van der Waals surface area contributed by atoms with Gasteiger partial charge >= 0.3 is 0 Å². The van der Waals surface area contributed by atoms with E-state index in [4.69, 9.17) is 0 Å². The van der Waals surface area contributed by atoms with Gasteiger partial charge in [-0.1, -0.05) is 22.0 Å². The molecule has 28 heavy (non-hydrogen) atoms. The molecular formula is C19H15BrFN5O2. The summed E-state index contributed by atoms with van der Waals surface area (Å²) in [5.74, 6) is -0.532. The first-order valence-corrected chi connectivity index (χ1v) is 9.60. The second-order valence-corrected chi connectivity index (χ2v) is 8.08. The van der Waals surface area contributed by atoms with E-state index in [0.717, 1.165) is 10.0 Å². The van der Waals surface area contributed by atoms with Gasteiger partial charge in [0.2, 0.25) is 11.9 Å². The minimum Gasteiger partial charge on any atom is -0.328 e. The number of alkyl halides is 1. The van der Waals surface area contributed by atoms with Gasteiger partial charge in [0.25, 0.3) is 5.91 Å². The first-order chi connectivity index (χ1) is 13.5. The normalized spacial score (nSPS) is 23.1. The number of benzene rings is 1. The lowest BCUT2D eigenvalue weighted by Gasteiger charge is -2.34. The second kappa shape index (κ2) is 6.10. The van der Waals surface area contributed by atoms with E-state index >= 15 is 0 Å². The summed E-state index contributed by atoms with van der Waals surface area (Å²) in [4.78, 5) is 31.0. The highest BCUT2D eigenvalue weighted by Crippen LogP contribution is 2.54. The van der Waals surface area contributed by atoms with Crippen molar-refractivity contribution in [3.05, 3.63) is 58.2 Å². The van der Waals surface area contributed by atoms with Crippen molar-refractivity contribution >= 4 is 39.3 Å². The number of halogens is 2. The monoisotopic (exact) mass is 443 g/mol. The molecule has 2 atom stereocenters. The van der Waals surface area contributed by atoms with Gasteiger partial charge in [0, 0.05) is 28.2 Å². The Balaban J connectivity index is 1.37. The maximum atomic E-state index is 14.3. The third kappa shape index (κ3) is 2.69. The Morgan fingerprint density at radius 1 is 1.36 bits per heavy atom. The summed E-state index contributed by atoms with van der Waals surface area (Å²) < 4.78 is 16.6. The third-order valence-electron chi connectivity index (χ3n) is 5.32. The van der Waals surface area contributed by atoms with E-state index in [-0.39, 0.29) is 24.9 Å². The van der Waals surface area contributed by atoms with Gasteiger partial charge in [-0.3, -0.25) is 14.9 Å². The summed E-state index contributed by atoms with van der Waals surface area (Å²) in [6.45, 7) is 0.000821. The Bertz CT molecular complexity index is 1100. The average molecular weight is 444 g/mol. The molecule has 142 valence electrons. The van der Waals surface area contributed by atoms with Crippen LogP contribution in [0.1, 0.15) is 22.3 Å². The van der Waals surface area contributed by atoms with E-state index in [9.17, 15) is 14.0 Å². The van der Waals surface area contributed by atoms with Crippen LogP contribution in [0.4, 0.5) is 10.3 Å². The summed E-state index contributed by atoms with van der Waals surface area (Å²) in [6, 6.07) is 10.6. The van der Waals surface area contributed by atoms with Crippen LogP contribution in [0.3, 0.4) is 0 Å². The van der Waals surface area contributed by atoms with Crippen LogP contribution in [-0.2, 0) is 10.2 Å². The second-order valence-electron chi connectivity index (χ2n) is 7.17. The lowest BCUT2D eigenvalue weighted by molar-refractivity contribution is -0.117. The number of fused-ring (bicyclic) bond motifs is 3. The van der Waals surface area contributed by atoms with Gasteiger partial charge in [-0.05, 0) is 42.3 Å². The zero-order valence-corrected chi connectivity index (χ0v) is 16.2. The number of carbonyl (C=O) groups excluding carboxylic acids is 2. The highest BCUT2D eigenvalue weighted by atomic mass is 79.9. The smallest absolute Gasteiger partial charge is 0.254 e. The fraction of sp³-hybridized carbons (Fsp3) is 0.263. The van der Waals surface area contributed by atoms with Crippen molar-refractivity contribution in [2.45, 2.75) is 18.0 Å². The predicted molar refractivity (Wildman–Crippen MR) is 103 cm³/mol. The molecule has 9 heteroatoms. The molecule has 1 fully saturated rings. The molecule has 0 radical (unpaired) electrons. The Hall–Kier alpha value is -2.81. The molecule has 3 heterocycles. The van der Waals surface area contributed by atoms with Gasteiger partial charge in [-0.15, -0.1) is 5.10 Å². The first kappa shape index (κ1) is 17.3. The van der Waals surface area contributed by atoms with Crippen LogP contribution in [0.15, 0.2) is 47.1 Å². The molecular weight excluding hydrogens is 429 g/mol. The fourth-order valence-electron chi connectivity index (χ4n) is 3.84. The van der Waals surface area contributed by atoms with Gasteiger partial charge in [-0.25, -0.2) is 8.91 Å². The van der Waals surface area contributed by atoms with Crippen molar-refractivity contribution < 1.29 is 14.0 Å². The number of amides is 2. The van der Waals surface area contributed by atoms with Crippen molar-refractivity contribution in [2.24, 2.45) is 0 Å². The van der Waals surface area contributed by atoms with Crippen LogP contribution >= 0.6 is 15.9 Å². The maximum absolute atomic E-state index is 14.3. The van der Waals surface area contributed by atoms with Crippen LogP contribution in [-0.4, -0.2) is 50.6 Å². The van der Waals surface area contributed by atoms with Crippen LogP contribution in [0.2, 0.25) is 0 Å². The number of nitrogens with one attached hydrogen (secondary N) is 1. The fourth-order valence-corrected chi connectivity index (χ4v) is 4.20. The molecule has 1 saturated carbocycles. The van der Waals surface area contributed by atoms with Gasteiger partial charge in [0.05, 0.1) is 0 Å². The lowest BCUT2D eigenvalue weighted by atomic mass is 9.86. The van der Waals surface area contributed by atoms with E-state index < -0.39 is 17.5 Å². The molecule has 1 unspecified atom stereocenters. The number of hydrogen-bond donors (Lipinski definition) is 1. The molecule has 0 bridgehead atoms. The Morgan fingerprint density at radius 3 is 2.93 bits per heavy atom. The van der Waals surface area contributed by atoms with E-state index in [1.807, 2.05) is 12.1 Å². The van der Waals surface area contributed by atoms with Crippen LogP contribution in [0.25, 0.3) is 5.65 Å². The van der Waals surface area contributed by atoms with Gasteiger partial charge in [0.15, 0.2) is 5.65 Å². The minimum atomic E-state index is -1.01. The molecule has 3 aromatic rings. The Kier molecular flexibility index (Phi) is 3.77. The number of nitrogens with zero attached hydrogens (tertiary/aromatic N) is 4. The molecule has 7 nitrogen and oxygen atoms in total. The highest BCUT2D eigenvalue weighted by molar-refractivity contribution is 9.10. The summed E-state index contributed by atoms with van der Waals surface area (Å²) >= 11 is 3.39. The predicted octanol–water partition coefficient (Wildman–Crippen LogP) is 2.57.